The molecule has 1 amide bonds. The maximum atomic E-state index is 13.8. The highest BCUT2D eigenvalue weighted by Gasteiger charge is 2.38. The molecular formula is C31H29F6N3O2. The van der Waals surface area contributed by atoms with Crippen molar-refractivity contribution < 1.29 is 31.1 Å². The number of benzene rings is 3. The van der Waals surface area contributed by atoms with Gasteiger partial charge in [0.1, 0.15) is 5.82 Å². The Kier molecular flexibility index (Phi) is 8.26. The van der Waals surface area contributed by atoms with E-state index in [9.17, 15) is 35.9 Å². The van der Waals surface area contributed by atoms with Crippen molar-refractivity contribution >= 4 is 16.8 Å². The monoisotopic (exact) mass is 589 g/mol. The molecule has 4 aromatic rings. The summed E-state index contributed by atoms with van der Waals surface area (Å²) < 4.78 is 82.9. The summed E-state index contributed by atoms with van der Waals surface area (Å²) in [4.78, 5) is 33.5. The smallest absolute Gasteiger partial charge is 0.328 e. The lowest BCUT2D eigenvalue weighted by Gasteiger charge is -2.32. The number of hydrogen-bond acceptors (Lipinski definition) is 3. The SMILES string of the molecule is Cc1ccc(-n2c(C(C)N(CC(C)C)C(=O)c3cc(C(F)(F)F)cc(C(F)(F)F)c3)nc3ccccc3c2=O)cc1C. The van der Waals surface area contributed by atoms with Crippen LogP contribution in [0.1, 0.15) is 65.2 Å². The number of aryl methyl sites for hydroxylation is 2. The third-order valence-corrected chi connectivity index (χ3v) is 7.05. The molecule has 1 atom stereocenters. The van der Waals surface area contributed by atoms with E-state index in [-0.39, 0.29) is 24.4 Å². The number of aromatic nitrogens is 2. The fourth-order valence-corrected chi connectivity index (χ4v) is 4.74. The van der Waals surface area contributed by atoms with Crippen LogP contribution in [-0.4, -0.2) is 26.9 Å². The average Bonchev–Trinajstić information content (AvgIpc) is 2.91. The number of amides is 1. The van der Waals surface area contributed by atoms with Crippen LogP contribution in [-0.2, 0) is 12.4 Å². The third-order valence-electron chi connectivity index (χ3n) is 7.05. The number of carbonyl (C=O) groups is 1. The van der Waals surface area contributed by atoms with Gasteiger partial charge in [0.15, 0.2) is 0 Å². The summed E-state index contributed by atoms with van der Waals surface area (Å²) in [5.41, 5.74) is -1.74. The first-order valence-electron chi connectivity index (χ1n) is 13.2. The number of nitrogens with zero attached hydrogens (tertiary/aromatic N) is 3. The van der Waals surface area contributed by atoms with E-state index in [0.29, 0.717) is 28.7 Å². The van der Waals surface area contributed by atoms with E-state index in [4.69, 9.17) is 4.98 Å². The largest absolute Gasteiger partial charge is 0.416 e. The molecule has 42 heavy (non-hydrogen) atoms. The fourth-order valence-electron chi connectivity index (χ4n) is 4.74. The number of carbonyl (C=O) groups excluding carboxylic acids is 1. The predicted molar refractivity (Wildman–Crippen MR) is 148 cm³/mol. The zero-order valence-electron chi connectivity index (χ0n) is 23.6. The molecule has 0 saturated carbocycles. The molecule has 0 bridgehead atoms. The Hall–Kier alpha value is -4.15. The molecule has 0 aliphatic carbocycles. The Balaban J connectivity index is 1.95. The van der Waals surface area contributed by atoms with Gasteiger partial charge in [0.2, 0.25) is 0 Å². The van der Waals surface area contributed by atoms with Crippen molar-refractivity contribution in [3.8, 4) is 5.69 Å². The fraction of sp³-hybridized carbons (Fsp3) is 0.323. The van der Waals surface area contributed by atoms with Gasteiger partial charge in [-0.1, -0.05) is 32.0 Å². The van der Waals surface area contributed by atoms with Crippen LogP contribution in [0.5, 0.6) is 0 Å². The number of alkyl halides is 6. The molecule has 1 unspecified atom stereocenters. The summed E-state index contributed by atoms with van der Waals surface area (Å²) in [5, 5.41) is 0.307. The average molecular weight is 590 g/mol. The lowest BCUT2D eigenvalue weighted by atomic mass is 10.0. The standard InChI is InChI=1S/C31H29F6N3O2/c1-17(2)16-39(28(41)21-13-22(30(32,33)34)15-23(14-21)31(35,36)37)20(5)27-38-26-9-7-6-8-25(26)29(42)40(27)24-11-10-18(3)19(4)12-24/h6-15,17,20H,16H2,1-5H3. The molecule has 222 valence electrons. The Morgan fingerprint density at radius 2 is 1.45 bits per heavy atom. The zero-order valence-corrected chi connectivity index (χ0v) is 23.6. The highest BCUT2D eigenvalue weighted by molar-refractivity contribution is 5.95. The van der Waals surface area contributed by atoms with Gasteiger partial charge in [0.25, 0.3) is 11.5 Å². The maximum absolute atomic E-state index is 13.8. The van der Waals surface area contributed by atoms with Crippen LogP contribution in [0.4, 0.5) is 26.3 Å². The Morgan fingerprint density at radius 3 is 2.00 bits per heavy atom. The van der Waals surface area contributed by atoms with Crippen molar-refractivity contribution in [1.82, 2.24) is 14.5 Å². The van der Waals surface area contributed by atoms with Crippen LogP contribution in [0.15, 0.2) is 65.5 Å². The highest BCUT2D eigenvalue weighted by Crippen LogP contribution is 2.37. The number of halogens is 6. The minimum atomic E-state index is -5.12. The minimum Gasteiger partial charge on any atom is -0.328 e. The van der Waals surface area contributed by atoms with Gasteiger partial charge in [-0.3, -0.25) is 14.2 Å². The van der Waals surface area contributed by atoms with E-state index in [1.165, 1.54) is 4.57 Å². The van der Waals surface area contributed by atoms with Crippen molar-refractivity contribution in [3.05, 3.63) is 105 Å². The molecule has 0 N–H and O–H groups in total. The van der Waals surface area contributed by atoms with Gasteiger partial charge in [-0.15, -0.1) is 0 Å². The van der Waals surface area contributed by atoms with E-state index in [1.807, 2.05) is 19.9 Å². The van der Waals surface area contributed by atoms with Gasteiger partial charge in [0.05, 0.1) is 33.8 Å². The molecule has 3 aromatic carbocycles. The molecule has 4 rings (SSSR count). The van der Waals surface area contributed by atoms with Crippen molar-refractivity contribution in [2.45, 2.75) is 53.0 Å². The van der Waals surface area contributed by atoms with Gasteiger partial charge >= 0.3 is 12.4 Å². The zero-order chi connectivity index (χ0) is 31.1. The van der Waals surface area contributed by atoms with Crippen LogP contribution in [0.2, 0.25) is 0 Å². The molecule has 5 nitrogen and oxygen atoms in total. The topological polar surface area (TPSA) is 55.2 Å². The molecule has 0 fully saturated rings. The van der Waals surface area contributed by atoms with Crippen LogP contribution in [0, 0.1) is 19.8 Å². The van der Waals surface area contributed by atoms with Gasteiger partial charge in [-0.05, 0) is 80.3 Å². The number of fused-ring (bicyclic) bond motifs is 1. The van der Waals surface area contributed by atoms with Crippen LogP contribution >= 0.6 is 0 Å². The van der Waals surface area contributed by atoms with Gasteiger partial charge in [-0.2, -0.15) is 26.3 Å². The molecule has 0 aliphatic heterocycles. The first-order valence-corrected chi connectivity index (χ1v) is 13.2. The number of hydrogen-bond donors (Lipinski definition) is 0. The van der Waals surface area contributed by atoms with Gasteiger partial charge in [0, 0.05) is 12.1 Å². The lowest BCUT2D eigenvalue weighted by Crippen LogP contribution is -2.39. The van der Waals surface area contributed by atoms with Crippen molar-refractivity contribution in [2.24, 2.45) is 5.92 Å². The summed E-state index contributed by atoms with van der Waals surface area (Å²) in [6.45, 7) is 8.79. The Bertz CT molecular complexity index is 1670. The van der Waals surface area contributed by atoms with Crippen LogP contribution < -0.4 is 5.56 Å². The normalized spacial score (nSPS) is 13.0. The van der Waals surface area contributed by atoms with Crippen molar-refractivity contribution in [3.63, 3.8) is 0 Å². The van der Waals surface area contributed by atoms with Gasteiger partial charge in [-0.25, -0.2) is 4.98 Å². The second-order valence-electron chi connectivity index (χ2n) is 10.7. The van der Waals surface area contributed by atoms with E-state index in [2.05, 4.69) is 0 Å². The molecule has 11 heteroatoms. The summed E-state index contributed by atoms with van der Waals surface area (Å²) in [5.74, 6) is -1.17. The predicted octanol–water partition coefficient (Wildman–Crippen LogP) is 7.90. The van der Waals surface area contributed by atoms with Crippen molar-refractivity contribution in [1.29, 1.82) is 0 Å². The van der Waals surface area contributed by atoms with Crippen molar-refractivity contribution in [2.75, 3.05) is 6.54 Å². The minimum absolute atomic E-state index is 0.0186. The van der Waals surface area contributed by atoms with E-state index in [1.54, 1.807) is 57.2 Å². The maximum Gasteiger partial charge on any atom is 0.416 e. The van der Waals surface area contributed by atoms with E-state index >= 15 is 0 Å². The third kappa shape index (κ3) is 6.19. The summed E-state index contributed by atoms with van der Waals surface area (Å²) in [7, 11) is 0. The molecule has 1 heterocycles. The lowest BCUT2D eigenvalue weighted by molar-refractivity contribution is -0.143. The van der Waals surface area contributed by atoms with Crippen LogP contribution in [0.25, 0.3) is 16.6 Å². The highest BCUT2D eigenvalue weighted by atomic mass is 19.4. The summed E-state index contributed by atoms with van der Waals surface area (Å²) in [6, 6.07) is 11.7. The first-order chi connectivity index (χ1) is 19.5. The summed E-state index contributed by atoms with van der Waals surface area (Å²) >= 11 is 0. The van der Waals surface area contributed by atoms with E-state index in [0.717, 1.165) is 16.0 Å². The Morgan fingerprint density at radius 1 is 0.857 bits per heavy atom. The van der Waals surface area contributed by atoms with Crippen LogP contribution in [0.3, 0.4) is 0 Å². The second kappa shape index (κ2) is 11.3. The molecule has 0 aliphatic rings. The molecule has 0 saturated heterocycles. The summed E-state index contributed by atoms with van der Waals surface area (Å²) in [6.07, 6.45) is -10.2. The molecule has 1 aromatic heterocycles. The molecule has 0 spiro atoms. The quantitative estimate of drug-likeness (QED) is 0.215. The van der Waals surface area contributed by atoms with E-state index < -0.39 is 46.6 Å². The van der Waals surface area contributed by atoms with Gasteiger partial charge < -0.3 is 4.90 Å². The molecular weight excluding hydrogens is 560 g/mol. The molecule has 0 radical (unpaired) electrons. The number of rotatable bonds is 6. The number of para-hydroxylation sites is 1. The second-order valence-corrected chi connectivity index (χ2v) is 10.7. The first kappa shape index (κ1) is 30.8. The Labute approximate surface area is 238 Å².